The lowest BCUT2D eigenvalue weighted by Gasteiger charge is -2.07. The summed E-state index contributed by atoms with van der Waals surface area (Å²) < 4.78 is 0. The Morgan fingerprint density at radius 1 is 1.04 bits per heavy atom. The van der Waals surface area contributed by atoms with Gasteiger partial charge in [0.2, 0.25) is 5.78 Å². The van der Waals surface area contributed by atoms with E-state index in [1.54, 1.807) is 47.8 Å². The minimum Gasteiger partial charge on any atom is -0.343 e. The van der Waals surface area contributed by atoms with E-state index in [9.17, 15) is 14.4 Å². The maximum Gasteiger partial charge on any atom is 0.313 e. The molecule has 2 heterocycles. The molecule has 3 rings (SSSR count). The standard InChI is InChI=1S/C19H13N3O3S2/c20-9-12-3-1-2-4-15(12)22-19(25)18(24)21-10-14-5-6-16(27-14)17(23)13-7-8-26-11-13/h1-8,11H,10H2,(H,21,24)(H,22,25). The van der Waals surface area contributed by atoms with Crippen molar-refractivity contribution in [2.45, 2.75) is 6.54 Å². The Morgan fingerprint density at radius 2 is 1.85 bits per heavy atom. The van der Waals surface area contributed by atoms with Crippen molar-refractivity contribution in [1.29, 1.82) is 5.26 Å². The molecule has 2 aromatic heterocycles. The molecule has 0 unspecified atom stereocenters. The fraction of sp³-hybridized carbons (Fsp3) is 0.0526. The summed E-state index contributed by atoms with van der Waals surface area (Å²) >= 11 is 2.72. The first-order valence-corrected chi connectivity index (χ1v) is 9.58. The highest BCUT2D eigenvalue weighted by atomic mass is 32.1. The first-order chi connectivity index (χ1) is 13.1. The highest BCUT2D eigenvalue weighted by molar-refractivity contribution is 7.14. The molecule has 0 bridgehead atoms. The van der Waals surface area contributed by atoms with Crippen LogP contribution in [0.5, 0.6) is 0 Å². The lowest BCUT2D eigenvalue weighted by atomic mass is 10.2. The van der Waals surface area contributed by atoms with Crippen molar-refractivity contribution in [3.8, 4) is 6.07 Å². The Kier molecular flexibility index (Phi) is 5.76. The molecule has 8 heteroatoms. The molecule has 0 saturated carbocycles. The number of nitrogens with zero attached hydrogens (tertiary/aromatic N) is 1. The van der Waals surface area contributed by atoms with Gasteiger partial charge in [-0.05, 0) is 35.7 Å². The molecule has 27 heavy (non-hydrogen) atoms. The second-order valence-electron chi connectivity index (χ2n) is 5.40. The summed E-state index contributed by atoms with van der Waals surface area (Å²) in [7, 11) is 0. The van der Waals surface area contributed by atoms with Gasteiger partial charge in [0.15, 0.2) is 0 Å². The second kappa shape index (κ2) is 8.40. The minimum absolute atomic E-state index is 0.0651. The van der Waals surface area contributed by atoms with Gasteiger partial charge in [-0.25, -0.2) is 0 Å². The quantitative estimate of drug-likeness (QED) is 0.512. The lowest BCUT2D eigenvalue weighted by molar-refractivity contribution is -0.136. The predicted octanol–water partition coefficient (Wildman–Crippen LogP) is 3.17. The molecule has 1 aromatic carbocycles. The largest absolute Gasteiger partial charge is 0.343 e. The van der Waals surface area contributed by atoms with Crippen LogP contribution in [0.1, 0.15) is 25.7 Å². The molecule has 0 fully saturated rings. The minimum atomic E-state index is -0.858. The molecular weight excluding hydrogens is 382 g/mol. The number of ketones is 1. The number of amides is 2. The van der Waals surface area contributed by atoms with Gasteiger partial charge in [0.05, 0.1) is 22.7 Å². The van der Waals surface area contributed by atoms with Crippen LogP contribution in [-0.2, 0) is 16.1 Å². The van der Waals surface area contributed by atoms with Gasteiger partial charge in [-0.1, -0.05) is 12.1 Å². The number of para-hydroxylation sites is 1. The number of nitriles is 1. The van der Waals surface area contributed by atoms with Crippen molar-refractivity contribution < 1.29 is 14.4 Å². The summed E-state index contributed by atoms with van der Waals surface area (Å²) in [6.45, 7) is 0.133. The summed E-state index contributed by atoms with van der Waals surface area (Å²) in [5.74, 6) is -1.74. The third kappa shape index (κ3) is 4.47. The number of carbonyl (C=O) groups excluding carboxylic acids is 3. The van der Waals surface area contributed by atoms with Gasteiger partial charge >= 0.3 is 11.8 Å². The second-order valence-corrected chi connectivity index (χ2v) is 7.35. The molecular formula is C19H13N3O3S2. The van der Waals surface area contributed by atoms with Gasteiger partial charge in [-0.3, -0.25) is 14.4 Å². The topological polar surface area (TPSA) is 99.1 Å². The van der Waals surface area contributed by atoms with Crippen LogP contribution < -0.4 is 10.6 Å². The average molecular weight is 395 g/mol. The first-order valence-electron chi connectivity index (χ1n) is 7.82. The van der Waals surface area contributed by atoms with Crippen molar-refractivity contribution in [1.82, 2.24) is 5.32 Å². The summed E-state index contributed by atoms with van der Waals surface area (Å²) in [6, 6.07) is 13.6. The number of benzene rings is 1. The molecule has 0 aliphatic rings. The maximum absolute atomic E-state index is 12.3. The number of nitrogens with one attached hydrogen (secondary N) is 2. The van der Waals surface area contributed by atoms with Crippen LogP contribution in [0, 0.1) is 11.3 Å². The van der Waals surface area contributed by atoms with E-state index in [-0.39, 0.29) is 23.6 Å². The van der Waals surface area contributed by atoms with Crippen LogP contribution >= 0.6 is 22.7 Å². The molecule has 0 spiro atoms. The van der Waals surface area contributed by atoms with Crippen LogP contribution in [0.4, 0.5) is 5.69 Å². The Morgan fingerprint density at radius 3 is 2.59 bits per heavy atom. The summed E-state index contributed by atoms with van der Waals surface area (Å²) in [6.07, 6.45) is 0. The van der Waals surface area contributed by atoms with E-state index in [1.807, 2.05) is 11.4 Å². The molecule has 0 atom stereocenters. The smallest absolute Gasteiger partial charge is 0.313 e. The fourth-order valence-electron chi connectivity index (χ4n) is 2.25. The normalized spacial score (nSPS) is 10.0. The van der Waals surface area contributed by atoms with Crippen molar-refractivity contribution >= 4 is 46.0 Å². The molecule has 2 N–H and O–H groups in total. The van der Waals surface area contributed by atoms with Crippen molar-refractivity contribution in [2.24, 2.45) is 0 Å². The molecule has 134 valence electrons. The number of rotatable bonds is 5. The van der Waals surface area contributed by atoms with Crippen LogP contribution in [0.15, 0.2) is 53.2 Å². The SMILES string of the molecule is N#Cc1ccccc1NC(=O)C(=O)NCc1ccc(C(=O)c2ccsc2)s1. The van der Waals surface area contributed by atoms with E-state index in [2.05, 4.69) is 10.6 Å². The van der Waals surface area contributed by atoms with Gasteiger partial charge in [0.25, 0.3) is 0 Å². The van der Waals surface area contributed by atoms with E-state index >= 15 is 0 Å². The van der Waals surface area contributed by atoms with E-state index in [1.165, 1.54) is 22.7 Å². The molecule has 2 amide bonds. The van der Waals surface area contributed by atoms with Crippen LogP contribution in [-0.4, -0.2) is 17.6 Å². The predicted molar refractivity (Wildman–Crippen MR) is 104 cm³/mol. The van der Waals surface area contributed by atoms with Crippen LogP contribution in [0.2, 0.25) is 0 Å². The lowest BCUT2D eigenvalue weighted by Crippen LogP contribution is -2.34. The fourth-order valence-corrected chi connectivity index (χ4v) is 3.79. The molecule has 0 radical (unpaired) electrons. The Balaban J connectivity index is 1.57. The van der Waals surface area contributed by atoms with Crippen molar-refractivity contribution in [3.05, 3.63) is 74.1 Å². The highest BCUT2D eigenvalue weighted by Gasteiger charge is 2.16. The van der Waals surface area contributed by atoms with Gasteiger partial charge in [-0.15, -0.1) is 11.3 Å². The zero-order valence-electron chi connectivity index (χ0n) is 13.9. The van der Waals surface area contributed by atoms with Gasteiger partial charge in [-0.2, -0.15) is 16.6 Å². The van der Waals surface area contributed by atoms with Crippen molar-refractivity contribution in [2.75, 3.05) is 5.32 Å². The maximum atomic E-state index is 12.3. The zero-order chi connectivity index (χ0) is 19.2. The number of carbonyl (C=O) groups is 3. The highest BCUT2D eigenvalue weighted by Crippen LogP contribution is 2.21. The van der Waals surface area contributed by atoms with E-state index < -0.39 is 11.8 Å². The first kappa shape index (κ1) is 18.5. The molecule has 0 aliphatic carbocycles. The molecule has 0 saturated heterocycles. The third-order valence-corrected chi connectivity index (χ3v) is 5.36. The van der Waals surface area contributed by atoms with Crippen LogP contribution in [0.25, 0.3) is 0 Å². The number of hydrogen-bond donors (Lipinski definition) is 2. The van der Waals surface area contributed by atoms with Crippen molar-refractivity contribution in [3.63, 3.8) is 0 Å². The van der Waals surface area contributed by atoms with Crippen LogP contribution in [0.3, 0.4) is 0 Å². The third-order valence-electron chi connectivity index (χ3n) is 3.59. The summed E-state index contributed by atoms with van der Waals surface area (Å²) in [5.41, 5.74) is 1.18. The zero-order valence-corrected chi connectivity index (χ0v) is 15.5. The number of thiophene rings is 2. The van der Waals surface area contributed by atoms with Gasteiger partial charge < -0.3 is 10.6 Å². The summed E-state index contributed by atoms with van der Waals surface area (Å²) in [5, 5.41) is 17.6. The molecule has 3 aromatic rings. The number of hydrogen-bond acceptors (Lipinski definition) is 6. The summed E-state index contributed by atoms with van der Waals surface area (Å²) in [4.78, 5) is 37.6. The van der Waals surface area contributed by atoms with E-state index in [4.69, 9.17) is 5.26 Å². The van der Waals surface area contributed by atoms with E-state index in [0.29, 0.717) is 10.4 Å². The number of anilines is 1. The Hall–Kier alpha value is -3.28. The average Bonchev–Trinajstić information content (AvgIpc) is 3.38. The van der Waals surface area contributed by atoms with E-state index in [0.717, 1.165) is 4.88 Å². The molecule has 6 nitrogen and oxygen atoms in total. The Labute approximate surface area is 163 Å². The Bertz CT molecular complexity index is 1030. The van der Waals surface area contributed by atoms with Gasteiger partial charge in [0, 0.05) is 15.8 Å². The molecule has 0 aliphatic heterocycles. The van der Waals surface area contributed by atoms with Gasteiger partial charge in [0.1, 0.15) is 6.07 Å². The monoisotopic (exact) mass is 395 g/mol.